The van der Waals surface area contributed by atoms with Gasteiger partial charge in [0.2, 0.25) is 0 Å². The van der Waals surface area contributed by atoms with Gasteiger partial charge in [0.1, 0.15) is 23.5 Å². The fourth-order valence-electron chi connectivity index (χ4n) is 0.789. The van der Waals surface area contributed by atoms with E-state index in [0.29, 0.717) is 0 Å². The molecule has 0 N–H and O–H groups in total. The minimum Gasteiger partial charge on any atom is -2.00 e. The maximum atomic E-state index is 9.86. The monoisotopic (exact) mass is 289 g/mol. The first-order valence-electron chi connectivity index (χ1n) is 4.11. The van der Waals surface area contributed by atoms with Crippen LogP contribution >= 0.6 is 0 Å². The molecule has 93 valence electrons. The van der Waals surface area contributed by atoms with E-state index in [0.717, 1.165) is 0 Å². The summed E-state index contributed by atoms with van der Waals surface area (Å²) in [4.78, 5) is 19.7. The van der Waals surface area contributed by atoms with Gasteiger partial charge in [-0.3, -0.25) is 0 Å². The summed E-state index contributed by atoms with van der Waals surface area (Å²) in [6.07, 6.45) is 2.57. The van der Waals surface area contributed by atoms with E-state index in [2.05, 4.69) is 8.83 Å². The van der Waals surface area contributed by atoms with Gasteiger partial charge in [0.05, 0.1) is 12.5 Å². The van der Waals surface area contributed by atoms with Crippen molar-refractivity contribution in [2.75, 3.05) is 0 Å². The van der Waals surface area contributed by atoms with Gasteiger partial charge in [-0.05, 0) is 24.3 Å². The standard InChI is InChI=1S/2C5H4O3.O.V/c2*6-5(7)4-2-1-3-8-4;;/h2*1-3H,(H,6,7);;/q;;-2;+4/p-2. The average Bonchev–Trinajstić information content (AvgIpc) is 2.93. The largest absolute Gasteiger partial charge is 4.00 e. The summed E-state index contributed by atoms with van der Waals surface area (Å²) in [6.45, 7) is 0. The number of hydrogen-bond acceptors (Lipinski definition) is 6. The SMILES string of the molecule is O=C([O-])c1ccco1.O=C([O-])c1ccco1.[O-2].[V+4]. The molecule has 0 aliphatic heterocycles. The topological polar surface area (TPSA) is 135 Å². The average molecular weight is 289 g/mol. The Morgan fingerprint density at radius 3 is 1.33 bits per heavy atom. The third kappa shape index (κ3) is 5.95. The Bertz CT molecular complexity index is 402. The zero-order chi connectivity index (χ0) is 12.0. The summed E-state index contributed by atoms with van der Waals surface area (Å²) in [6, 6.07) is 5.64. The molecule has 2 heterocycles. The first-order chi connectivity index (χ1) is 7.61. The molecule has 0 spiro atoms. The summed E-state index contributed by atoms with van der Waals surface area (Å²) in [5.74, 6) is -2.83. The predicted molar refractivity (Wildman–Crippen MR) is 46.8 cm³/mol. The van der Waals surface area contributed by atoms with Crippen molar-refractivity contribution in [1.29, 1.82) is 0 Å². The van der Waals surface area contributed by atoms with E-state index in [-0.39, 0.29) is 35.6 Å². The number of rotatable bonds is 2. The minimum absolute atomic E-state index is 0. The molecule has 0 fully saturated rings. The van der Waals surface area contributed by atoms with Crippen LogP contribution in [-0.4, -0.2) is 11.9 Å². The molecule has 0 bridgehead atoms. The zero-order valence-corrected chi connectivity index (χ0v) is 10.2. The molecule has 0 aromatic carbocycles. The molecule has 0 atom stereocenters. The van der Waals surface area contributed by atoms with Crippen LogP contribution in [0, 0.1) is 0 Å². The van der Waals surface area contributed by atoms with E-state index in [1.165, 1.54) is 36.8 Å². The van der Waals surface area contributed by atoms with Crippen molar-refractivity contribution < 1.29 is 52.7 Å². The van der Waals surface area contributed by atoms with Gasteiger partial charge in [0, 0.05) is 0 Å². The summed E-state index contributed by atoms with van der Waals surface area (Å²) >= 11 is 0. The van der Waals surface area contributed by atoms with E-state index < -0.39 is 11.9 Å². The number of hydrogen-bond donors (Lipinski definition) is 0. The summed E-state index contributed by atoms with van der Waals surface area (Å²) < 4.78 is 8.87. The van der Waals surface area contributed by atoms with E-state index in [1.807, 2.05) is 0 Å². The molecular weight excluding hydrogens is 283 g/mol. The van der Waals surface area contributed by atoms with E-state index in [9.17, 15) is 19.8 Å². The molecule has 0 aliphatic carbocycles. The van der Waals surface area contributed by atoms with Crippen LogP contribution in [0.5, 0.6) is 0 Å². The second-order valence-corrected chi connectivity index (χ2v) is 2.53. The molecule has 1 radical (unpaired) electrons. The minimum atomic E-state index is -1.28. The smallest absolute Gasteiger partial charge is 2.00 e. The van der Waals surface area contributed by atoms with Gasteiger partial charge in [-0.1, -0.05) is 0 Å². The van der Waals surface area contributed by atoms with Crippen LogP contribution in [0.1, 0.15) is 21.1 Å². The summed E-state index contributed by atoms with van der Waals surface area (Å²) in [5, 5.41) is 19.7. The van der Waals surface area contributed by atoms with Crippen molar-refractivity contribution in [2.24, 2.45) is 0 Å². The zero-order valence-electron chi connectivity index (χ0n) is 8.77. The van der Waals surface area contributed by atoms with Crippen LogP contribution in [0.3, 0.4) is 0 Å². The van der Waals surface area contributed by atoms with Crippen LogP contribution in [0.2, 0.25) is 0 Å². The van der Waals surface area contributed by atoms with Crippen LogP contribution in [0.25, 0.3) is 0 Å². The van der Waals surface area contributed by atoms with Gasteiger partial charge in [0.25, 0.3) is 0 Å². The third-order valence-electron chi connectivity index (χ3n) is 1.44. The van der Waals surface area contributed by atoms with Crippen LogP contribution in [0.4, 0.5) is 0 Å². The predicted octanol–water partition coefficient (Wildman–Crippen LogP) is -0.835. The van der Waals surface area contributed by atoms with Gasteiger partial charge in [-0.15, -0.1) is 0 Å². The number of carbonyl (C=O) groups is 2. The van der Waals surface area contributed by atoms with Crippen molar-refractivity contribution in [3.05, 3.63) is 48.3 Å². The van der Waals surface area contributed by atoms with Gasteiger partial charge in [-0.2, -0.15) is 0 Å². The number of carbonyl (C=O) groups excluding carboxylic acids is 2. The Kier molecular flexibility index (Phi) is 9.32. The Balaban J connectivity index is 0. The second kappa shape index (κ2) is 9.11. The Hall–Kier alpha value is -1.96. The maximum Gasteiger partial charge on any atom is 4.00 e. The maximum absolute atomic E-state index is 9.86. The van der Waals surface area contributed by atoms with Gasteiger partial charge < -0.3 is 34.1 Å². The molecule has 0 saturated carbocycles. The molecule has 0 aliphatic rings. The van der Waals surface area contributed by atoms with Crippen molar-refractivity contribution in [3.63, 3.8) is 0 Å². The molecule has 0 unspecified atom stereocenters. The van der Waals surface area contributed by atoms with Gasteiger partial charge in [-0.25, -0.2) is 0 Å². The normalized spacial score (nSPS) is 8.00. The van der Waals surface area contributed by atoms with Crippen molar-refractivity contribution in [3.8, 4) is 0 Å². The first kappa shape index (κ1) is 18.4. The van der Waals surface area contributed by atoms with E-state index in [1.54, 1.807) is 0 Å². The number of furan rings is 2. The van der Waals surface area contributed by atoms with E-state index in [4.69, 9.17) is 0 Å². The van der Waals surface area contributed by atoms with Crippen molar-refractivity contribution in [1.82, 2.24) is 0 Å². The number of carboxylic acid groups (broad SMARTS) is 2. The molecular formula is C10H6O7V. The quantitative estimate of drug-likeness (QED) is 0.707. The van der Waals surface area contributed by atoms with Crippen LogP contribution in [-0.2, 0) is 24.0 Å². The summed E-state index contributed by atoms with van der Waals surface area (Å²) in [7, 11) is 0. The van der Waals surface area contributed by atoms with Gasteiger partial charge in [0.15, 0.2) is 0 Å². The molecule has 8 heteroatoms. The molecule has 2 aromatic heterocycles. The number of aromatic carboxylic acids is 2. The number of carboxylic acids is 2. The Labute approximate surface area is 113 Å². The van der Waals surface area contributed by atoms with Crippen molar-refractivity contribution >= 4 is 11.9 Å². The Morgan fingerprint density at radius 2 is 1.22 bits per heavy atom. The van der Waals surface area contributed by atoms with E-state index >= 15 is 0 Å². The molecule has 7 nitrogen and oxygen atoms in total. The van der Waals surface area contributed by atoms with Crippen molar-refractivity contribution in [2.45, 2.75) is 0 Å². The molecule has 0 saturated heterocycles. The third-order valence-corrected chi connectivity index (χ3v) is 1.44. The second-order valence-electron chi connectivity index (χ2n) is 2.53. The molecule has 18 heavy (non-hydrogen) atoms. The van der Waals surface area contributed by atoms with Crippen LogP contribution < -0.4 is 10.2 Å². The molecule has 0 amide bonds. The fourth-order valence-corrected chi connectivity index (χ4v) is 0.789. The molecule has 2 aromatic rings. The summed E-state index contributed by atoms with van der Waals surface area (Å²) in [5.41, 5.74) is 0. The Morgan fingerprint density at radius 1 is 0.889 bits per heavy atom. The molecule has 2 rings (SSSR count). The first-order valence-corrected chi connectivity index (χ1v) is 4.11. The van der Waals surface area contributed by atoms with Crippen LogP contribution in [0.15, 0.2) is 45.6 Å². The fraction of sp³-hybridized carbons (Fsp3) is 0. The van der Waals surface area contributed by atoms with Gasteiger partial charge >= 0.3 is 18.6 Å².